The van der Waals surface area contributed by atoms with Gasteiger partial charge in [0.15, 0.2) is 0 Å². The van der Waals surface area contributed by atoms with Crippen LogP contribution in [0.4, 0.5) is 13.2 Å². The fourth-order valence-electron chi connectivity index (χ4n) is 1.36. The average molecular weight is 244 g/mol. The first kappa shape index (κ1) is 13.3. The fraction of sp³-hybridized carbons (Fsp3) is 0.455. The van der Waals surface area contributed by atoms with Crippen LogP contribution in [-0.4, -0.2) is 4.57 Å². The Balaban J connectivity index is 2.78. The number of aromatic nitrogens is 1. The van der Waals surface area contributed by atoms with E-state index >= 15 is 0 Å². The van der Waals surface area contributed by atoms with Crippen LogP contribution in [0.15, 0.2) is 23.1 Å². The third-order valence-corrected chi connectivity index (χ3v) is 2.25. The molecule has 1 heterocycles. The van der Waals surface area contributed by atoms with Gasteiger partial charge in [0, 0.05) is 25.2 Å². The van der Waals surface area contributed by atoms with Gasteiger partial charge in [-0.25, -0.2) is 0 Å². The summed E-state index contributed by atoms with van der Waals surface area (Å²) in [6.07, 6.45) is -2.21. The first-order chi connectivity index (χ1) is 7.95. The van der Waals surface area contributed by atoms with Gasteiger partial charge < -0.3 is 4.57 Å². The van der Waals surface area contributed by atoms with E-state index in [2.05, 4.69) is 0 Å². The molecule has 3 nitrogen and oxygen atoms in total. The average Bonchev–Trinajstić information content (AvgIpc) is 2.25. The molecule has 1 aromatic heterocycles. The van der Waals surface area contributed by atoms with Crippen molar-refractivity contribution in [3.05, 3.63) is 34.2 Å². The summed E-state index contributed by atoms with van der Waals surface area (Å²) in [6.45, 7) is 0.199. The highest BCUT2D eigenvalue weighted by Crippen LogP contribution is 2.28. The Morgan fingerprint density at radius 2 is 2.00 bits per heavy atom. The van der Waals surface area contributed by atoms with E-state index in [1.165, 1.54) is 0 Å². The molecule has 0 N–H and O–H groups in total. The van der Waals surface area contributed by atoms with Gasteiger partial charge in [-0.3, -0.25) is 4.79 Å². The number of hydrogen-bond donors (Lipinski definition) is 0. The summed E-state index contributed by atoms with van der Waals surface area (Å²) < 4.78 is 38.2. The van der Waals surface area contributed by atoms with Gasteiger partial charge in [-0.1, -0.05) is 0 Å². The van der Waals surface area contributed by atoms with Crippen molar-refractivity contribution in [3.8, 4) is 6.07 Å². The molecular weight excluding hydrogens is 233 g/mol. The van der Waals surface area contributed by atoms with Gasteiger partial charge in [-0.2, -0.15) is 18.4 Å². The quantitative estimate of drug-likeness (QED) is 0.764. The highest BCUT2D eigenvalue weighted by atomic mass is 19.4. The number of nitriles is 1. The molecule has 92 valence electrons. The number of nitrogens with zero attached hydrogens (tertiary/aromatic N) is 2. The molecule has 0 radical (unpaired) electrons. The summed E-state index contributed by atoms with van der Waals surface area (Å²) in [6, 6.07) is 3.62. The number of halogens is 3. The Hall–Kier alpha value is -1.77. The minimum Gasteiger partial charge on any atom is -0.315 e. The standard InChI is InChI=1S/C11H11F3N2O/c12-11(13,14)9-4-5-10(17)16(8-9)7-3-1-2-6-15/h4-5,8H,1-3,7H2. The van der Waals surface area contributed by atoms with E-state index in [0.717, 1.165) is 22.9 Å². The molecule has 0 saturated carbocycles. The Bertz CT molecular complexity index is 471. The highest BCUT2D eigenvalue weighted by Gasteiger charge is 2.30. The topological polar surface area (TPSA) is 45.8 Å². The van der Waals surface area contributed by atoms with Gasteiger partial charge in [-0.05, 0) is 18.9 Å². The number of alkyl halides is 3. The van der Waals surface area contributed by atoms with Crippen LogP contribution >= 0.6 is 0 Å². The van der Waals surface area contributed by atoms with Crippen LogP contribution < -0.4 is 5.56 Å². The second-order valence-corrected chi connectivity index (χ2v) is 3.56. The van der Waals surface area contributed by atoms with Crippen LogP contribution in [0.2, 0.25) is 0 Å². The Labute approximate surface area is 96.1 Å². The van der Waals surface area contributed by atoms with Crippen molar-refractivity contribution in [1.29, 1.82) is 5.26 Å². The van der Waals surface area contributed by atoms with Crippen LogP contribution in [0, 0.1) is 11.3 Å². The minimum absolute atomic E-state index is 0.199. The Kier molecular flexibility index (Phi) is 4.32. The lowest BCUT2D eigenvalue weighted by molar-refractivity contribution is -0.138. The smallest absolute Gasteiger partial charge is 0.315 e. The van der Waals surface area contributed by atoms with E-state index in [9.17, 15) is 18.0 Å². The maximum Gasteiger partial charge on any atom is 0.417 e. The van der Waals surface area contributed by atoms with Gasteiger partial charge in [0.1, 0.15) is 0 Å². The van der Waals surface area contributed by atoms with Crippen molar-refractivity contribution in [3.63, 3.8) is 0 Å². The van der Waals surface area contributed by atoms with Crippen LogP contribution in [-0.2, 0) is 12.7 Å². The largest absolute Gasteiger partial charge is 0.417 e. The summed E-state index contributed by atoms with van der Waals surface area (Å²) in [5, 5.41) is 8.30. The van der Waals surface area contributed by atoms with E-state index in [1.54, 1.807) is 0 Å². The number of rotatable bonds is 4. The maximum atomic E-state index is 12.4. The minimum atomic E-state index is -4.44. The van der Waals surface area contributed by atoms with Crippen LogP contribution in [0.5, 0.6) is 0 Å². The van der Waals surface area contributed by atoms with Crippen LogP contribution in [0.25, 0.3) is 0 Å². The molecule has 0 aliphatic heterocycles. The summed E-state index contributed by atoms with van der Waals surface area (Å²) >= 11 is 0. The number of unbranched alkanes of at least 4 members (excludes halogenated alkanes) is 2. The molecule has 0 aromatic carbocycles. The van der Waals surface area contributed by atoms with E-state index < -0.39 is 17.3 Å². The van der Waals surface area contributed by atoms with Crippen molar-refractivity contribution in [2.75, 3.05) is 0 Å². The predicted octanol–water partition coefficient (Wildman–Crippen LogP) is 2.56. The summed E-state index contributed by atoms with van der Waals surface area (Å²) in [7, 11) is 0. The molecular formula is C11H11F3N2O. The van der Waals surface area contributed by atoms with Crippen molar-refractivity contribution in [2.24, 2.45) is 0 Å². The molecule has 0 unspecified atom stereocenters. The third-order valence-electron chi connectivity index (χ3n) is 2.25. The molecule has 0 aliphatic rings. The molecule has 0 spiro atoms. The first-order valence-electron chi connectivity index (χ1n) is 5.10. The van der Waals surface area contributed by atoms with Crippen molar-refractivity contribution in [1.82, 2.24) is 4.57 Å². The van der Waals surface area contributed by atoms with Crippen molar-refractivity contribution < 1.29 is 13.2 Å². The molecule has 6 heteroatoms. The Morgan fingerprint density at radius 3 is 2.59 bits per heavy atom. The predicted molar refractivity (Wildman–Crippen MR) is 55.2 cm³/mol. The zero-order chi connectivity index (χ0) is 12.9. The molecule has 1 aromatic rings. The zero-order valence-corrected chi connectivity index (χ0v) is 9.00. The third kappa shape index (κ3) is 3.94. The maximum absolute atomic E-state index is 12.4. The van der Waals surface area contributed by atoms with Crippen molar-refractivity contribution in [2.45, 2.75) is 32.0 Å². The summed E-state index contributed by atoms with van der Waals surface area (Å²) in [4.78, 5) is 11.3. The zero-order valence-electron chi connectivity index (χ0n) is 9.00. The summed E-state index contributed by atoms with van der Waals surface area (Å²) in [5.74, 6) is 0. The lowest BCUT2D eigenvalue weighted by atomic mass is 10.2. The van der Waals surface area contributed by atoms with Crippen LogP contribution in [0.3, 0.4) is 0 Å². The van der Waals surface area contributed by atoms with E-state index in [0.29, 0.717) is 19.3 Å². The van der Waals surface area contributed by atoms with Gasteiger partial charge in [-0.15, -0.1) is 0 Å². The number of hydrogen-bond acceptors (Lipinski definition) is 2. The molecule has 1 rings (SSSR count). The van der Waals surface area contributed by atoms with Crippen LogP contribution in [0.1, 0.15) is 24.8 Å². The summed E-state index contributed by atoms with van der Waals surface area (Å²) in [5.41, 5.74) is -1.30. The highest BCUT2D eigenvalue weighted by molar-refractivity contribution is 5.13. The number of pyridine rings is 1. The van der Waals surface area contributed by atoms with Gasteiger partial charge in [0.2, 0.25) is 0 Å². The Morgan fingerprint density at radius 1 is 1.29 bits per heavy atom. The van der Waals surface area contributed by atoms with Crippen molar-refractivity contribution >= 4 is 0 Å². The van der Waals surface area contributed by atoms with E-state index in [1.807, 2.05) is 6.07 Å². The SMILES string of the molecule is N#CCCCCn1cc(C(F)(F)F)ccc1=O. The van der Waals surface area contributed by atoms with E-state index in [-0.39, 0.29) is 6.54 Å². The van der Waals surface area contributed by atoms with Gasteiger partial charge in [0.25, 0.3) is 5.56 Å². The van der Waals surface area contributed by atoms with Gasteiger partial charge >= 0.3 is 6.18 Å². The molecule has 0 atom stereocenters. The fourth-order valence-corrected chi connectivity index (χ4v) is 1.36. The second-order valence-electron chi connectivity index (χ2n) is 3.56. The molecule has 0 fully saturated rings. The number of aryl methyl sites for hydroxylation is 1. The van der Waals surface area contributed by atoms with Gasteiger partial charge in [0.05, 0.1) is 11.6 Å². The lowest BCUT2D eigenvalue weighted by Gasteiger charge is -2.10. The molecule has 17 heavy (non-hydrogen) atoms. The first-order valence-corrected chi connectivity index (χ1v) is 5.10. The molecule has 0 saturated heterocycles. The normalized spacial score (nSPS) is 11.2. The van der Waals surface area contributed by atoms with E-state index in [4.69, 9.17) is 5.26 Å². The lowest BCUT2D eigenvalue weighted by Crippen LogP contribution is -2.21. The molecule has 0 amide bonds. The molecule has 0 aliphatic carbocycles. The molecule has 0 bridgehead atoms. The second kappa shape index (κ2) is 5.53. The monoisotopic (exact) mass is 244 g/mol.